The van der Waals surface area contributed by atoms with E-state index in [9.17, 15) is 0 Å². The zero-order chi connectivity index (χ0) is 4.28. The van der Waals surface area contributed by atoms with Gasteiger partial charge in [0.15, 0.2) is 0 Å². The maximum Gasteiger partial charge on any atom is 0.118 e. The van der Waals surface area contributed by atoms with Gasteiger partial charge < -0.3 is 5.73 Å². The molecule has 0 aliphatic carbocycles. The summed E-state index contributed by atoms with van der Waals surface area (Å²) in [7, 11) is 0. The Hall–Kier alpha value is -0.200. The van der Waals surface area contributed by atoms with Crippen LogP contribution in [0.1, 0.15) is 0 Å². The molecular formula is C3H4BrN. The minimum absolute atomic E-state index is 0.456. The Labute approximate surface area is 39.3 Å². The van der Waals surface area contributed by atoms with E-state index in [1.807, 2.05) is 0 Å². The van der Waals surface area contributed by atoms with Gasteiger partial charge in [-0.25, -0.2) is 0 Å². The van der Waals surface area contributed by atoms with Crippen molar-refractivity contribution in [2.45, 2.75) is 0 Å². The third kappa shape index (κ3) is 3.80. The summed E-state index contributed by atoms with van der Waals surface area (Å²) >= 11 is 2.89. The molecule has 0 amide bonds. The van der Waals surface area contributed by atoms with Gasteiger partial charge in [-0.3, -0.25) is 0 Å². The predicted octanol–water partition coefficient (Wildman–Crippen LogP) is 0.966. The molecule has 0 radical (unpaired) electrons. The molecule has 0 aromatic carbocycles. The number of hydrogen-bond acceptors (Lipinski definition) is 1. The summed E-state index contributed by atoms with van der Waals surface area (Å²) in [6, 6.07) is 0. The van der Waals surface area contributed by atoms with Crippen LogP contribution in [-0.4, -0.2) is 0 Å². The highest BCUT2D eigenvalue weighted by molar-refractivity contribution is 9.11. The normalized spacial score (nSPS) is 5.80. The molecular weight excluding hydrogens is 130 g/mol. The van der Waals surface area contributed by atoms with Crippen molar-refractivity contribution in [3.05, 3.63) is 16.9 Å². The van der Waals surface area contributed by atoms with Crippen molar-refractivity contribution >= 4 is 15.9 Å². The minimum atomic E-state index is 0.456. The SMILES string of the molecule is C=C=C(N)Br. The van der Waals surface area contributed by atoms with Crippen molar-refractivity contribution in [1.82, 2.24) is 0 Å². The van der Waals surface area contributed by atoms with Crippen LogP contribution in [0.5, 0.6) is 0 Å². The summed E-state index contributed by atoms with van der Waals surface area (Å²) in [5, 5.41) is 0. The van der Waals surface area contributed by atoms with E-state index in [0.29, 0.717) is 4.61 Å². The van der Waals surface area contributed by atoms with E-state index in [4.69, 9.17) is 5.73 Å². The van der Waals surface area contributed by atoms with E-state index in [2.05, 4.69) is 28.2 Å². The molecule has 0 bridgehead atoms. The fraction of sp³-hybridized carbons (Fsp3) is 0. The summed E-state index contributed by atoms with van der Waals surface area (Å²) in [5.41, 5.74) is 7.34. The van der Waals surface area contributed by atoms with Gasteiger partial charge in [-0.05, 0) is 15.9 Å². The van der Waals surface area contributed by atoms with E-state index < -0.39 is 0 Å². The first-order chi connectivity index (χ1) is 2.27. The zero-order valence-corrected chi connectivity index (χ0v) is 4.25. The first-order valence-electron chi connectivity index (χ1n) is 1.08. The van der Waals surface area contributed by atoms with E-state index in [1.54, 1.807) is 0 Å². The van der Waals surface area contributed by atoms with Crippen LogP contribution < -0.4 is 5.73 Å². The highest BCUT2D eigenvalue weighted by Gasteiger charge is 1.60. The maximum absolute atomic E-state index is 4.95. The van der Waals surface area contributed by atoms with Crippen molar-refractivity contribution in [2.24, 2.45) is 5.73 Å². The molecule has 0 aromatic rings. The standard InChI is InChI=1S/C3H4BrN/c1-2-3(4)5/h1,5H2. The Morgan fingerprint density at radius 3 is 2.20 bits per heavy atom. The molecule has 5 heavy (non-hydrogen) atoms. The fourth-order valence-corrected chi connectivity index (χ4v) is 0. The van der Waals surface area contributed by atoms with E-state index in [0.717, 1.165) is 0 Å². The summed E-state index contributed by atoms with van der Waals surface area (Å²) in [6.45, 7) is 3.23. The largest absolute Gasteiger partial charge is 0.387 e. The molecule has 1 nitrogen and oxygen atoms in total. The van der Waals surface area contributed by atoms with Gasteiger partial charge in [0.2, 0.25) is 0 Å². The van der Waals surface area contributed by atoms with Crippen molar-refractivity contribution in [1.29, 1.82) is 0 Å². The van der Waals surface area contributed by atoms with Gasteiger partial charge in [-0.1, -0.05) is 12.3 Å². The van der Waals surface area contributed by atoms with Crippen molar-refractivity contribution in [3.8, 4) is 0 Å². The smallest absolute Gasteiger partial charge is 0.118 e. The van der Waals surface area contributed by atoms with Crippen LogP contribution in [0.4, 0.5) is 0 Å². The van der Waals surface area contributed by atoms with Gasteiger partial charge in [-0.2, -0.15) is 0 Å². The number of nitrogens with two attached hydrogens (primary N) is 1. The fourth-order valence-electron chi connectivity index (χ4n) is 0. The van der Waals surface area contributed by atoms with E-state index in [-0.39, 0.29) is 0 Å². The Bertz CT molecular complexity index is 67.0. The first-order valence-corrected chi connectivity index (χ1v) is 1.87. The predicted molar refractivity (Wildman–Crippen MR) is 25.8 cm³/mol. The number of halogens is 1. The molecule has 28 valence electrons. The molecule has 2 N–H and O–H groups in total. The number of hydrogen-bond donors (Lipinski definition) is 1. The highest BCUT2D eigenvalue weighted by Crippen LogP contribution is 1.85. The van der Waals surface area contributed by atoms with Crippen LogP contribution >= 0.6 is 15.9 Å². The van der Waals surface area contributed by atoms with E-state index in [1.165, 1.54) is 0 Å². The third-order valence-corrected chi connectivity index (χ3v) is 0.449. The number of rotatable bonds is 0. The Balaban J connectivity index is 3.60. The van der Waals surface area contributed by atoms with Crippen molar-refractivity contribution in [2.75, 3.05) is 0 Å². The molecule has 0 aromatic heterocycles. The lowest BCUT2D eigenvalue weighted by Crippen LogP contribution is -1.80. The van der Waals surface area contributed by atoms with Gasteiger partial charge in [0.25, 0.3) is 0 Å². The average Bonchev–Trinajstić information content (AvgIpc) is 1.38. The second-order valence-corrected chi connectivity index (χ2v) is 1.38. The molecule has 0 atom stereocenters. The van der Waals surface area contributed by atoms with E-state index >= 15 is 0 Å². The Morgan fingerprint density at radius 1 is 2.00 bits per heavy atom. The topological polar surface area (TPSA) is 26.0 Å². The van der Waals surface area contributed by atoms with Crippen LogP contribution in [0.3, 0.4) is 0 Å². The monoisotopic (exact) mass is 133 g/mol. The molecule has 0 heterocycles. The summed E-state index contributed by atoms with van der Waals surface area (Å²) in [4.78, 5) is 0. The quantitative estimate of drug-likeness (QED) is 0.387. The molecule has 0 aliphatic rings. The van der Waals surface area contributed by atoms with Crippen LogP contribution in [0.15, 0.2) is 16.9 Å². The summed E-state index contributed by atoms with van der Waals surface area (Å²) in [5.74, 6) is 0. The van der Waals surface area contributed by atoms with Crippen molar-refractivity contribution in [3.63, 3.8) is 0 Å². The van der Waals surface area contributed by atoms with Crippen LogP contribution in [0.25, 0.3) is 0 Å². The molecule has 0 saturated carbocycles. The summed E-state index contributed by atoms with van der Waals surface area (Å²) in [6.07, 6.45) is 0. The van der Waals surface area contributed by atoms with Crippen LogP contribution in [-0.2, 0) is 0 Å². The molecule has 0 fully saturated rings. The highest BCUT2D eigenvalue weighted by atomic mass is 79.9. The van der Waals surface area contributed by atoms with Gasteiger partial charge in [0, 0.05) is 0 Å². The zero-order valence-electron chi connectivity index (χ0n) is 2.66. The van der Waals surface area contributed by atoms with Crippen molar-refractivity contribution < 1.29 is 0 Å². The second-order valence-electron chi connectivity index (χ2n) is 0.525. The van der Waals surface area contributed by atoms with Gasteiger partial charge >= 0.3 is 0 Å². The lowest BCUT2D eigenvalue weighted by molar-refractivity contribution is 1.59. The lowest BCUT2D eigenvalue weighted by atomic mass is 10.9. The average molecular weight is 134 g/mol. The molecule has 0 rings (SSSR count). The third-order valence-electron chi connectivity index (χ3n) is 0.169. The molecule has 0 spiro atoms. The molecule has 2 heteroatoms. The van der Waals surface area contributed by atoms with Crippen LogP contribution in [0.2, 0.25) is 0 Å². The summed E-state index contributed by atoms with van der Waals surface area (Å²) < 4.78 is 0.456. The van der Waals surface area contributed by atoms with Crippen LogP contribution in [0, 0.1) is 0 Å². The van der Waals surface area contributed by atoms with Gasteiger partial charge in [-0.15, -0.1) is 0 Å². The minimum Gasteiger partial charge on any atom is -0.387 e. The molecule has 0 saturated heterocycles. The Morgan fingerprint density at radius 2 is 2.20 bits per heavy atom. The molecule has 0 unspecified atom stereocenters. The van der Waals surface area contributed by atoms with Gasteiger partial charge in [0.1, 0.15) is 4.61 Å². The lowest BCUT2D eigenvalue weighted by Gasteiger charge is -1.67. The second kappa shape index (κ2) is 2.06. The molecule has 0 aliphatic heterocycles. The first kappa shape index (κ1) is 4.80. The maximum atomic E-state index is 4.95. The van der Waals surface area contributed by atoms with Gasteiger partial charge in [0.05, 0.1) is 0 Å². The Kier molecular flexibility index (Phi) is 1.98.